The number of hydrogen-bond acceptors (Lipinski definition) is 5. The molecule has 0 aliphatic carbocycles. The number of carbonyl (C=O) groups is 1. The second kappa shape index (κ2) is 8.01. The van der Waals surface area contributed by atoms with E-state index in [1.165, 1.54) is 11.8 Å². The van der Waals surface area contributed by atoms with Crippen molar-refractivity contribution < 1.29 is 17.9 Å². The highest BCUT2D eigenvalue weighted by molar-refractivity contribution is 8.16. The monoisotopic (exact) mass is 450 g/mol. The smallest absolute Gasteiger partial charge is 0.252 e. The van der Waals surface area contributed by atoms with Gasteiger partial charge in [-0.1, -0.05) is 53.7 Å². The summed E-state index contributed by atoms with van der Waals surface area (Å²) in [6.07, 6.45) is 0.0953. The Morgan fingerprint density at radius 1 is 1.21 bits per heavy atom. The summed E-state index contributed by atoms with van der Waals surface area (Å²) in [6.45, 7) is 0. The van der Waals surface area contributed by atoms with E-state index in [1.807, 2.05) is 41.3 Å². The van der Waals surface area contributed by atoms with Crippen LogP contribution in [0.2, 0.25) is 5.02 Å². The number of sulfone groups is 1. The molecule has 2 fully saturated rings. The molecule has 6 nitrogen and oxygen atoms in total. The predicted octanol–water partition coefficient (Wildman–Crippen LogP) is 3.19. The minimum Gasteiger partial charge on any atom is -0.496 e. The van der Waals surface area contributed by atoms with Crippen molar-refractivity contribution in [3.05, 3.63) is 59.1 Å². The van der Waals surface area contributed by atoms with Crippen molar-refractivity contribution in [2.75, 3.05) is 23.5 Å². The van der Waals surface area contributed by atoms with Gasteiger partial charge < -0.3 is 9.64 Å². The number of carbonyl (C=O) groups excluding carboxylic acids is 1. The Morgan fingerprint density at radius 2 is 1.93 bits per heavy atom. The Bertz CT molecular complexity index is 1090. The predicted molar refractivity (Wildman–Crippen MR) is 117 cm³/mol. The minimum atomic E-state index is -3.13. The standard InChI is InChI=1S/C20H19ClN2O4S2/c1-27-17-9-5-2-6-13(17)10-19(24)22-20-23(15-8-4-3-7-14(15)21)16-11-29(25,26)12-18(16)28-20/h2-9,16,18H,10-12H2,1H3. The normalized spacial score (nSPS) is 23.9. The van der Waals surface area contributed by atoms with Crippen LogP contribution < -0.4 is 9.64 Å². The average Bonchev–Trinajstić information content (AvgIpc) is 3.13. The lowest BCUT2D eigenvalue weighted by Crippen LogP contribution is -2.38. The van der Waals surface area contributed by atoms with E-state index in [4.69, 9.17) is 16.3 Å². The van der Waals surface area contributed by atoms with E-state index < -0.39 is 9.84 Å². The van der Waals surface area contributed by atoms with Gasteiger partial charge in [-0.15, -0.1) is 0 Å². The van der Waals surface area contributed by atoms with Crippen molar-refractivity contribution in [1.82, 2.24) is 0 Å². The number of amidine groups is 1. The molecule has 0 bridgehead atoms. The first-order valence-electron chi connectivity index (χ1n) is 9.02. The van der Waals surface area contributed by atoms with Crippen molar-refractivity contribution in [3.63, 3.8) is 0 Å². The Hall–Kier alpha value is -2.03. The van der Waals surface area contributed by atoms with Gasteiger partial charge in [0.25, 0.3) is 5.91 Å². The molecule has 4 rings (SSSR count). The summed E-state index contributed by atoms with van der Waals surface area (Å²) in [4.78, 5) is 18.9. The first-order valence-corrected chi connectivity index (χ1v) is 12.1. The second-order valence-corrected chi connectivity index (χ2v) is 10.7. The van der Waals surface area contributed by atoms with Crippen molar-refractivity contribution in [1.29, 1.82) is 0 Å². The van der Waals surface area contributed by atoms with Crippen LogP contribution in [0.25, 0.3) is 0 Å². The number of para-hydroxylation sites is 2. The molecule has 1 amide bonds. The van der Waals surface area contributed by atoms with Gasteiger partial charge in [0.1, 0.15) is 5.75 Å². The molecule has 2 aliphatic heterocycles. The van der Waals surface area contributed by atoms with E-state index in [0.29, 0.717) is 21.6 Å². The van der Waals surface area contributed by atoms with Crippen LogP contribution >= 0.6 is 23.4 Å². The van der Waals surface area contributed by atoms with Gasteiger partial charge in [-0.05, 0) is 18.2 Å². The van der Waals surface area contributed by atoms with E-state index in [9.17, 15) is 13.2 Å². The third-order valence-corrected chi connectivity index (χ3v) is 8.46. The molecule has 2 heterocycles. The van der Waals surface area contributed by atoms with Crippen LogP contribution in [0, 0.1) is 0 Å². The number of methoxy groups -OCH3 is 1. The van der Waals surface area contributed by atoms with E-state index in [0.717, 1.165) is 5.56 Å². The molecule has 0 N–H and O–H groups in total. The number of fused-ring (bicyclic) bond motifs is 1. The second-order valence-electron chi connectivity index (χ2n) is 6.90. The third-order valence-electron chi connectivity index (χ3n) is 4.93. The van der Waals surface area contributed by atoms with Crippen molar-refractivity contribution in [3.8, 4) is 5.75 Å². The molecular formula is C20H19ClN2O4S2. The maximum absolute atomic E-state index is 12.7. The number of rotatable bonds is 4. The Balaban J connectivity index is 1.66. The van der Waals surface area contributed by atoms with Gasteiger partial charge in [0, 0.05) is 10.8 Å². The maximum atomic E-state index is 12.7. The molecule has 0 saturated carbocycles. The summed E-state index contributed by atoms with van der Waals surface area (Å²) < 4.78 is 29.6. The molecule has 9 heteroatoms. The van der Waals surface area contributed by atoms with Gasteiger partial charge in [0.15, 0.2) is 15.0 Å². The fourth-order valence-corrected chi connectivity index (χ4v) is 7.80. The van der Waals surface area contributed by atoms with Gasteiger partial charge in [-0.3, -0.25) is 4.79 Å². The molecule has 0 aromatic heterocycles. The minimum absolute atomic E-state index is 0.0234. The summed E-state index contributed by atoms with van der Waals surface area (Å²) in [5.41, 5.74) is 1.41. The zero-order chi connectivity index (χ0) is 20.6. The number of aliphatic imine (C=N–C) groups is 1. The summed E-state index contributed by atoms with van der Waals surface area (Å²) in [5.74, 6) is 0.404. The molecule has 2 unspecified atom stereocenters. The molecule has 2 aliphatic rings. The lowest BCUT2D eigenvalue weighted by atomic mass is 10.1. The molecule has 2 aromatic carbocycles. The molecule has 152 valence electrons. The van der Waals surface area contributed by atoms with Crippen LogP contribution in [0.15, 0.2) is 53.5 Å². The number of nitrogens with zero attached hydrogens (tertiary/aromatic N) is 2. The summed E-state index contributed by atoms with van der Waals surface area (Å²) >= 11 is 7.71. The highest BCUT2D eigenvalue weighted by atomic mass is 35.5. The quantitative estimate of drug-likeness (QED) is 0.712. The van der Waals surface area contributed by atoms with Crippen LogP contribution in [-0.4, -0.2) is 49.4 Å². The van der Waals surface area contributed by atoms with E-state index >= 15 is 0 Å². The van der Waals surface area contributed by atoms with Gasteiger partial charge in [0.2, 0.25) is 0 Å². The summed E-state index contributed by atoms with van der Waals surface area (Å²) in [6, 6.07) is 14.2. The Kier molecular flexibility index (Phi) is 5.59. The fraction of sp³-hybridized carbons (Fsp3) is 0.300. The van der Waals surface area contributed by atoms with Crippen LogP contribution in [0.3, 0.4) is 0 Å². The number of hydrogen-bond donors (Lipinski definition) is 0. The first kappa shape index (κ1) is 20.3. The number of halogens is 1. The molecule has 2 aromatic rings. The lowest BCUT2D eigenvalue weighted by Gasteiger charge is -2.25. The molecule has 2 atom stereocenters. The maximum Gasteiger partial charge on any atom is 0.252 e. The molecule has 29 heavy (non-hydrogen) atoms. The van der Waals surface area contributed by atoms with Crippen LogP contribution in [0.1, 0.15) is 5.56 Å². The van der Waals surface area contributed by atoms with Crippen molar-refractivity contribution in [2.45, 2.75) is 17.7 Å². The van der Waals surface area contributed by atoms with Crippen molar-refractivity contribution >= 4 is 50.0 Å². The van der Waals surface area contributed by atoms with Crippen LogP contribution in [0.4, 0.5) is 5.69 Å². The average molecular weight is 451 g/mol. The summed E-state index contributed by atoms with van der Waals surface area (Å²) in [5, 5.41) is 0.805. The first-order chi connectivity index (χ1) is 13.9. The highest BCUT2D eigenvalue weighted by Crippen LogP contribution is 2.43. The lowest BCUT2D eigenvalue weighted by molar-refractivity contribution is -0.117. The number of anilines is 1. The number of thioether (sulfide) groups is 1. The topological polar surface area (TPSA) is 76.0 Å². The fourth-order valence-electron chi connectivity index (χ4n) is 3.65. The Labute approximate surface area is 178 Å². The number of benzene rings is 2. The van der Waals surface area contributed by atoms with Gasteiger partial charge in [-0.2, -0.15) is 4.99 Å². The van der Waals surface area contributed by atoms with Gasteiger partial charge in [-0.25, -0.2) is 8.42 Å². The summed E-state index contributed by atoms with van der Waals surface area (Å²) in [7, 11) is -1.57. The molecule has 0 radical (unpaired) electrons. The number of amides is 1. The third kappa shape index (κ3) is 4.15. The SMILES string of the molecule is COc1ccccc1CC(=O)N=C1SC2CS(=O)(=O)CC2N1c1ccccc1Cl. The van der Waals surface area contributed by atoms with E-state index in [2.05, 4.69) is 4.99 Å². The Morgan fingerprint density at radius 3 is 2.69 bits per heavy atom. The molecule has 2 saturated heterocycles. The van der Waals surface area contributed by atoms with Crippen LogP contribution in [-0.2, 0) is 21.1 Å². The van der Waals surface area contributed by atoms with E-state index in [-0.39, 0.29) is 35.1 Å². The van der Waals surface area contributed by atoms with Gasteiger partial charge in [0.05, 0.1) is 41.8 Å². The van der Waals surface area contributed by atoms with Crippen molar-refractivity contribution in [2.24, 2.45) is 4.99 Å². The molecule has 0 spiro atoms. The zero-order valence-corrected chi connectivity index (χ0v) is 18.0. The largest absolute Gasteiger partial charge is 0.496 e. The van der Waals surface area contributed by atoms with Gasteiger partial charge >= 0.3 is 0 Å². The van der Waals surface area contributed by atoms with Crippen LogP contribution in [0.5, 0.6) is 5.75 Å². The number of ether oxygens (including phenoxy) is 1. The highest BCUT2D eigenvalue weighted by Gasteiger charge is 2.49. The zero-order valence-electron chi connectivity index (χ0n) is 15.6. The van der Waals surface area contributed by atoms with E-state index in [1.54, 1.807) is 19.2 Å². The molecular weight excluding hydrogens is 432 g/mol.